The van der Waals surface area contributed by atoms with Crippen LogP contribution in [-0.2, 0) is 9.59 Å². The minimum absolute atomic E-state index is 0.0147. The van der Waals surface area contributed by atoms with Crippen molar-refractivity contribution in [3.8, 4) is 0 Å². The van der Waals surface area contributed by atoms with Crippen LogP contribution >= 0.6 is 0 Å². The van der Waals surface area contributed by atoms with Crippen LogP contribution in [0.5, 0.6) is 0 Å². The minimum atomic E-state index is -0.497. The normalized spacial score (nSPS) is 17.3. The summed E-state index contributed by atoms with van der Waals surface area (Å²) in [5.41, 5.74) is 0.999. The zero-order valence-corrected chi connectivity index (χ0v) is 8.67. The summed E-state index contributed by atoms with van der Waals surface area (Å²) in [5.74, 6) is -0.739. The van der Waals surface area contributed by atoms with E-state index in [4.69, 9.17) is 0 Å². The Morgan fingerprint density at radius 2 is 1.88 bits per heavy atom. The average molecular weight is 232 g/mol. The molecule has 0 aromatic heterocycles. The third-order valence-corrected chi connectivity index (χ3v) is 2.34. The zero-order valence-electron chi connectivity index (χ0n) is 8.67. The lowest BCUT2D eigenvalue weighted by atomic mass is 10.1. The van der Waals surface area contributed by atoms with Gasteiger partial charge in [-0.15, -0.1) is 0 Å². The lowest BCUT2D eigenvalue weighted by molar-refractivity contribution is -0.384. The van der Waals surface area contributed by atoms with Crippen molar-refractivity contribution in [2.75, 3.05) is 0 Å². The number of imide groups is 1. The highest BCUT2D eigenvalue weighted by atomic mass is 16.6. The van der Waals surface area contributed by atoms with Crippen LogP contribution in [-0.4, -0.2) is 16.7 Å². The van der Waals surface area contributed by atoms with Crippen molar-refractivity contribution in [2.24, 2.45) is 0 Å². The number of carbonyl (C=O) groups excluding carboxylic acids is 2. The fourth-order valence-corrected chi connectivity index (χ4v) is 1.51. The third kappa shape index (κ3) is 2.36. The summed E-state index contributed by atoms with van der Waals surface area (Å²) in [5, 5.41) is 12.6. The van der Waals surface area contributed by atoms with Crippen molar-refractivity contribution < 1.29 is 14.5 Å². The topological polar surface area (TPSA) is 89.3 Å². The highest BCUT2D eigenvalue weighted by molar-refractivity contribution is 6.15. The molecule has 1 aromatic carbocycles. The molecule has 0 bridgehead atoms. The van der Waals surface area contributed by atoms with Crippen molar-refractivity contribution in [1.29, 1.82) is 0 Å². The first-order valence-electron chi connectivity index (χ1n) is 4.85. The lowest BCUT2D eigenvalue weighted by Crippen LogP contribution is -2.19. The number of nitrogens with zero attached hydrogens (tertiary/aromatic N) is 1. The van der Waals surface area contributed by atoms with Crippen LogP contribution in [0.1, 0.15) is 12.0 Å². The quantitative estimate of drug-likeness (QED) is 0.357. The molecule has 17 heavy (non-hydrogen) atoms. The molecule has 1 aliphatic heterocycles. The molecule has 1 aromatic rings. The number of non-ortho nitro benzene ring substituents is 1. The van der Waals surface area contributed by atoms with Crippen LogP contribution in [0.15, 0.2) is 29.8 Å². The minimum Gasteiger partial charge on any atom is -0.292 e. The molecule has 2 rings (SSSR count). The van der Waals surface area contributed by atoms with Gasteiger partial charge < -0.3 is 0 Å². The van der Waals surface area contributed by atoms with Crippen molar-refractivity contribution in [3.63, 3.8) is 0 Å². The molecule has 1 N–H and O–H groups in total. The number of hydrogen-bond acceptors (Lipinski definition) is 4. The predicted octanol–water partition coefficient (Wildman–Crippen LogP) is 1.02. The molecule has 0 unspecified atom stereocenters. The molecular weight excluding hydrogens is 224 g/mol. The van der Waals surface area contributed by atoms with Gasteiger partial charge in [0, 0.05) is 17.7 Å². The van der Waals surface area contributed by atoms with Gasteiger partial charge in [0.25, 0.3) is 11.6 Å². The highest BCUT2D eigenvalue weighted by Crippen LogP contribution is 2.17. The molecule has 0 radical (unpaired) electrons. The number of nitro benzene ring substituents is 1. The Kier molecular flexibility index (Phi) is 2.70. The molecule has 0 atom stereocenters. The van der Waals surface area contributed by atoms with Crippen LogP contribution < -0.4 is 5.32 Å². The van der Waals surface area contributed by atoms with E-state index in [1.807, 2.05) is 0 Å². The van der Waals surface area contributed by atoms with E-state index in [0.29, 0.717) is 11.1 Å². The number of amides is 2. The largest absolute Gasteiger partial charge is 0.292 e. The highest BCUT2D eigenvalue weighted by Gasteiger charge is 2.23. The van der Waals surface area contributed by atoms with Gasteiger partial charge in [-0.3, -0.25) is 25.0 Å². The molecule has 86 valence electrons. The average Bonchev–Trinajstić information content (AvgIpc) is 2.58. The van der Waals surface area contributed by atoms with Gasteiger partial charge in [-0.1, -0.05) is 0 Å². The van der Waals surface area contributed by atoms with Crippen LogP contribution in [0.3, 0.4) is 0 Å². The Bertz CT molecular complexity index is 531. The molecule has 1 aliphatic rings. The summed E-state index contributed by atoms with van der Waals surface area (Å²) >= 11 is 0. The van der Waals surface area contributed by atoms with E-state index < -0.39 is 10.8 Å². The van der Waals surface area contributed by atoms with Gasteiger partial charge in [-0.05, 0) is 23.8 Å². The molecular formula is C11H8N2O4. The summed E-state index contributed by atoms with van der Waals surface area (Å²) in [6, 6.07) is 5.75. The number of nitrogens with one attached hydrogen (secondary N) is 1. The molecule has 1 heterocycles. The lowest BCUT2D eigenvalue weighted by Gasteiger charge is -1.95. The Morgan fingerprint density at radius 3 is 2.35 bits per heavy atom. The van der Waals surface area contributed by atoms with Gasteiger partial charge in [-0.2, -0.15) is 0 Å². The second kappa shape index (κ2) is 4.17. The molecule has 2 amide bonds. The monoisotopic (exact) mass is 232 g/mol. The molecule has 6 nitrogen and oxygen atoms in total. The molecule has 6 heteroatoms. The number of rotatable bonds is 2. The van der Waals surface area contributed by atoms with E-state index >= 15 is 0 Å². The van der Waals surface area contributed by atoms with Crippen LogP contribution in [0.4, 0.5) is 5.69 Å². The summed E-state index contributed by atoms with van der Waals surface area (Å²) < 4.78 is 0. The second-order valence-electron chi connectivity index (χ2n) is 3.57. The maximum Gasteiger partial charge on any atom is 0.269 e. The second-order valence-corrected chi connectivity index (χ2v) is 3.57. The SMILES string of the molecule is O=C1CC(=Cc2ccc([N+](=O)[O-])cc2)C(=O)N1. The van der Waals surface area contributed by atoms with Crippen molar-refractivity contribution in [3.05, 3.63) is 45.5 Å². The van der Waals surface area contributed by atoms with Crippen LogP contribution in [0, 0.1) is 10.1 Å². The third-order valence-electron chi connectivity index (χ3n) is 2.34. The Labute approximate surface area is 96.1 Å². The van der Waals surface area contributed by atoms with Gasteiger partial charge in [0.1, 0.15) is 0 Å². The first-order chi connectivity index (χ1) is 8.06. The fraction of sp³-hybridized carbons (Fsp3) is 0.0909. The number of hydrogen-bond donors (Lipinski definition) is 1. The van der Waals surface area contributed by atoms with E-state index in [9.17, 15) is 19.7 Å². The van der Waals surface area contributed by atoms with Gasteiger partial charge in [0.05, 0.1) is 11.3 Å². The first kappa shape index (κ1) is 11.0. The molecule has 0 aliphatic carbocycles. The Morgan fingerprint density at radius 1 is 1.24 bits per heavy atom. The van der Waals surface area contributed by atoms with Gasteiger partial charge in [0.15, 0.2) is 0 Å². The Balaban J connectivity index is 2.24. The van der Waals surface area contributed by atoms with Gasteiger partial charge >= 0.3 is 0 Å². The number of benzene rings is 1. The van der Waals surface area contributed by atoms with Crippen molar-refractivity contribution in [1.82, 2.24) is 5.32 Å². The smallest absolute Gasteiger partial charge is 0.269 e. The fourth-order valence-electron chi connectivity index (χ4n) is 1.51. The summed E-state index contributed by atoms with van der Waals surface area (Å²) in [7, 11) is 0. The van der Waals surface area contributed by atoms with Crippen LogP contribution in [0.2, 0.25) is 0 Å². The van der Waals surface area contributed by atoms with Crippen molar-refractivity contribution in [2.45, 2.75) is 6.42 Å². The van der Waals surface area contributed by atoms with E-state index in [0.717, 1.165) is 0 Å². The maximum absolute atomic E-state index is 11.3. The van der Waals surface area contributed by atoms with E-state index in [2.05, 4.69) is 5.32 Å². The predicted molar refractivity (Wildman–Crippen MR) is 58.8 cm³/mol. The summed E-state index contributed by atoms with van der Waals surface area (Å²) in [6.45, 7) is 0. The number of nitro groups is 1. The Hall–Kier alpha value is -2.50. The number of carbonyl (C=O) groups is 2. The van der Waals surface area contributed by atoms with Gasteiger partial charge in [-0.25, -0.2) is 0 Å². The standard InChI is InChI=1S/C11H8N2O4/c14-10-6-8(11(15)12-10)5-7-1-3-9(4-2-7)13(16)17/h1-5H,6H2,(H,12,14,15). The van der Waals surface area contributed by atoms with Crippen LogP contribution in [0.25, 0.3) is 6.08 Å². The maximum atomic E-state index is 11.3. The van der Waals surface area contributed by atoms with E-state index in [1.54, 1.807) is 6.08 Å². The van der Waals surface area contributed by atoms with Gasteiger partial charge in [0.2, 0.25) is 5.91 Å². The molecule has 1 fully saturated rings. The summed E-state index contributed by atoms with van der Waals surface area (Å²) in [4.78, 5) is 32.1. The summed E-state index contributed by atoms with van der Waals surface area (Å²) in [6.07, 6.45) is 1.60. The first-order valence-corrected chi connectivity index (χ1v) is 4.85. The van der Waals surface area contributed by atoms with Crippen molar-refractivity contribution >= 4 is 23.6 Å². The zero-order chi connectivity index (χ0) is 12.4. The van der Waals surface area contributed by atoms with E-state index in [-0.39, 0.29) is 18.0 Å². The molecule has 0 saturated carbocycles. The molecule has 0 spiro atoms. The molecule has 1 saturated heterocycles. The van der Waals surface area contributed by atoms with E-state index in [1.165, 1.54) is 24.3 Å².